The number of carbonyl (C=O) groups is 1. The largest absolute Gasteiger partial charge is 0.322 e. The van der Waals surface area contributed by atoms with Gasteiger partial charge < -0.3 is 5.32 Å². The van der Waals surface area contributed by atoms with Gasteiger partial charge in [0, 0.05) is 21.6 Å². The zero-order valence-electron chi connectivity index (χ0n) is 18.2. The van der Waals surface area contributed by atoms with Gasteiger partial charge in [-0.1, -0.05) is 34.1 Å². The number of nitriles is 1. The van der Waals surface area contributed by atoms with E-state index in [4.69, 9.17) is 5.26 Å². The Labute approximate surface area is 199 Å². The quantitative estimate of drug-likeness (QED) is 0.396. The lowest BCUT2D eigenvalue weighted by atomic mass is 10.0. The topological polar surface area (TPSA) is 87.8 Å². The van der Waals surface area contributed by atoms with Crippen molar-refractivity contribution in [2.45, 2.75) is 20.3 Å². The van der Waals surface area contributed by atoms with Gasteiger partial charge in [0.25, 0.3) is 11.5 Å². The van der Waals surface area contributed by atoms with Gasteiger partial charge in [0.15, 0.2) is 0 Å². The highest BCUT2D eigenvalue weighted by molar-refractivity contribution is 9.10. The van der Waals surface area contributed by atoms with E-state index in [-0.39, 0.29) is 17.4 Å². The van der Waals surface area contributed by atoms with Gasteiger partial charge in [0.2, 0.25) is 0 Å². The van der Waals surface area contributed by atoms with Crippen LogP contribution in [0.15, 0.2) is 76.3 Å². The Morgan fingerprint density at radius 2 is 2.00 bits per heavy atom. The average Bonchev–Trinajstić information content (AvgIpc) is 2.81. The van der Waals surface area contributed by atoms with Crippen LogP contribution in [-0.2, 0) is 6.42 Å². The molecule has 7 heteroatoms. The Hall–Kier alpha value is -3.76. The number of carbonyl (C=O) groups excluding carboxylic acids is 1. The second kappa shape index (κ2) is 9.39. The molecule has 1 aromatic heterocycles. The first kappa shape index (κ1) is 22.4. The van der Waals surface area contributed by atoms with Crippen molar-refractivity contribution in [1.29, 1.82) is 5.26 Å². The third-order valence-corrected chi connectivity index (χ3v) is 5.89. The lowest BCUT2D eigenvalue weighted by molar-refractivity contribution is 0.102. The highest BCUT2D eigenvalue weighted by Crippen LogP contribution is 2.21. The Bertz CT molecular complexity index is 1470. The van der Waals surface area contributed by atoms with E-state index in [1.54, 1.807) is 36.4 Å². The highest BCUT2D eigenvalue weighted by Gasteiger charge is 2.12. The van der Waals surface area contributed by atoms with Gasteiger partial charge >= 0.3 is 0 Å². The maximum atomic E-state index is 13.1. The number of nitrogens with zero attached hydrogens (tertiary/aromatic N) is 3. The van der Waals surface area contributed by atoms with Crippen molar-refractivity contribution in [2.24, 2.45) is 5.92 Å². The van der Waals surface area contributed by atoms with Gasteiger partial charge in [-0.15, -0.1) is 0 Å². The number of rotatable bonds is 5. The molecule has 0 spiro atoms. The van der Waals surface area contributed by atoms with E-state index in [1.807, 2.05) is 38.1 Å². The first-order valence-electron chi connectivity index (χ1n) is 10.4. The van der Waals surface area contributed by atoms with Crippen LogP contribution in [0.5, 0.6) is 0 Å². The van der Waals surface area contributed by atoms with Gasteiger partial charge in [0.1, 0.15) is 6.33 Å². The van der Waals surface area contributed by atoms with E-state index in [1.165, 1.54) is 10.9 Å². The fraction of sp³-hybridized carbons (Fsp3) is 0.154. The number of anilines is 1. The van der Waals surface area contributed by atoms with Gasteiger partial charge in [-0.05, 0) is 73.9 Å². The smallest absolute Gasteiger partial charge is 0.265 e. The zero-order valence-corrected chi connectivity index (χ0v) is 19.8. The van der Waals surface area contributed by atoms with E-state index >= 15 is 0 Å². The summed E-state index contributed by atoms with van der Waals surface area (Å²) in [5, 5.41) is 12.5. The van der Waals surface area contributed by atoms with Gasteiger partial charge in [-0.3, -0.25) is 14.2 Å². The molecule has 1 heterocycles. The number of nitrogens with one attached hydrogen (secondary N) is 1. The molecule has 0 radical (unpaired) electrons. The molecule has 0 saturated heterocycles. The maximum Gasteiger partial charge on any atom is 0.265 e. The summed E-state index contributed by atoms with van der Waals surface area (Å²) in [7, 11) is 0. The van der Waals surface area contributed by atoms with Crippen molar-refractivity contribution in [3.63, 3.8) is 0 Å². The molecule has 0 aliphatic heterocycles. The maximum absolute atomic E-state index is 13.1. The van der Waals surface area contributed by atoms with Crippen molar-refractivity contribution >= 4 is 38.4 Å². The van der Waals surface area contributed by atoms with Gasteiger partial charge in [0.05, 0.1) is 22.7 Å². The van der Waals surface area contributed by atoms with Crippen molar-refractivity contribution in [1.82, 2.24) is 9.55 Å². The van der Waals surface area contributed by atoms with E-state index in [9.17, 15) is 9.59 Å². The standard InChI is InChI=1S/C26H21BrN4O2/c1-16(14-28)10-18-4-3-5-19(11-18)25(32)30-21-8-6-17(2)24(13-21)31-15-29-23-9-7-20(27)12-22(23)26(31)33/h3-9,11-13,15-16H,10H2,1-2H3,(H,30,32). The van der Waals surface area contributed by atoms with Crippen LogP contribution < -0.4 is 10.9 Å². The third-order valence-electron chi connectivity index (χ3n) is 5.40. The van der Waals surface area contributed by atoms with Crippen molar-refractivity contribution in [3.05, 3.63) is 98.5 Å². The molecule has 1 atom stereocenters. The monoisotopic (exact) mass is 500 g/mol. The van der Waals surface area contributed by atoms with Crippen LogP contribution in [0.3, 0.4) is 0 Å². The predicted molar refractivity (Wildman–Crippen MR) is 133 cm³/mol. The molecule has 4 aromatic rings. The van der Waals surface area contributed by atoms with E-state index in [0.717, 1.165) is 15.6 Å². The molecule has 0 aliphatic rings. The predicted octanol–water partition coefficient (Wildman–Crippen LogP) is 5.41. The molecule has 33 heavy (non-hydrogen) atoms. The number of hydrogen-bond donors (Lipinski definition) is 1. The summed E-state index contributed by atoms with van der Waals surface area (Å²) in [6, 6.07) is 20.3. The zero-order chi connectivity index (χ0) is 23.5. The van der Waals surface area contributed by atoms with Crippen LogP contribution in [0.4, 0.5) is 5.69 Å². The molecule has 6 nitrogen and oxygen atoms in total. The first-order valence-corrected chi connectivity index (χ1v) is 11.2. The Morgan fingerprint density at radius 3 is 2.79 bits per heavy atom. The summed E-state index contributed by atoms with van der Waals surface area (Å²) in [5.74, 6) is -0.387. The molecule has 3 aromatic carbocycles. The van der Waals surface area contributed by atoms with Crippen LogP contribution in [0.25, 0.3) is 16.6 Å². The number of halogens is 1. The number of benzene rings is 3. The normalized spacial score (nSPS) is 11.7. The Balaban J connectivity index is 1.65. The van der Waals surface area contributed by atoms with Crippen LogP contribution in [0.1, 0.15) is 28.4 Å². The van der Waals surface area contributed by atoms with Crippen molar-refractivity contribution in [3.8, 4) is 11.8 Å². The molecule has 0 bridgehead atoms. The second-order valence-electron chi connectivity index (χ2n) is 7.97. The molecule has 1 N–H and O–H groups in total. The molecule has 164 valence electrons. The Morgan fingerprint density at radius 1 is 1.18 bits per heavy atom. The lowest BCUT2D eigenvalue weighted by Gasteiger charge is -2.13. The molecule has 1 amide bonds. The summed E-state index contributed by atoms with van der Waals surface area (Å²) in [4.78, 5) is 30.4. The Kier molecular flexibility index (Phi) is 6.38. The fourth-order valence-electron chi connectivity index (χ4n) is 3.65. The first-order chi connectivity index (χ1) is 15.9. The van der Waals surface area contributed by atoms with E-state index in [2.05, 4.69) is 32.3 Å². The SMILES string of the molecule is Cc1ccc(NC(=O)c2cccc(CC(C)C#N)c2)cc1-n1cnc2ccc(Br)cc2c1=O. The molecular formula is C26H21BrN4O2. The number of amides is 1. The van der Waals surface area contributed by atoms with Crippen LogP contribution in [-0.4, -0.2) is 15.5 Å². The fourth-order valence-corrected chi connectivity index (χ4v) is 4.02. The summed E-state index contributed by atoms with van der Waals surface area (Å²) in [5.41, 5.74) is 3.95. The van der Waals surface area contributed by atoms with Crippen LogP contribution >= 0.6 is 15.9 Å². The minimum absolute atomic E-state index is 0.127. The molecular weight excluding hydrogens is 480 g/mol. The van der Waals surface area contributed by atoms with Crippen molar-refractivity contribution < 1.29 is 4.79 Å². The third kappa shape index (κ3) is 4.86. The molecule has 0 saturated carbocycles. The number of fused-ring (bicyclic) bond motifs is 1. The summed E-state index contributed by atoms with van der Waals surface area (Å²) < 4.78 is 2.29. The summed E-state index contributed by atoms with van der Waals surface area (Å²) in [6.07, 6.45) is 2.09. The lowest BCUT2D eigenvalue weighted by Crippen LogP contribution is -2.20. The molecule has 0 fully saturated rings. The number of hydrogen-bond acceptors (Lipinski definition) is 4. The molecule has 1 unspecified atom stereocenters. The molecule has 0 aliphatic carbocycles. The van der Waals surface area contributed by atoms with Crippen LogP contribution in [0, 0.1) is 24.2 Å². The second-order valence-corrected chi connectivity index (χ2v) is 8.89. The number of aromatic nitrogens is 2. The summed E-state index contributed by atoms with van der Waals surface area (Å²) >= 11 is 3.41. The van der Waals surface area contributed by atoms with E-state index < -0.39 is 0 Å². The van der Waals surface area contributed by atoms with Crippen LogP contribution in [0.2, 0.25) is 0 Å². The highest BCUT2D eigenvalue weighted by atomic mass is 79.9. The average molecular weight is 501 g/mol. The minimum atomic E-state index is -0.260. The van der Waals surface area contributed by atoms with Crippen molar-refractivity contribution in [2.75, 3.05) is 5.32 Å². The number of aryl methyl sites for hydroxylation is 1. The molecule has 4 rings (SSSR count). The summed E-state index contributed by atoms with van der Waals surface area (Å²) in [6.45, 7) is 3.75. The van der Waals surface area contributed by atoms with E-state index in [0.29, 0.717) is 34.3 Å². The van der Waals surface area contributed by atoms with Gasteiger partial charge in [-0.2, -0.15) is 5.26 Å². The van der Waals surface area contributed by atoms with Gasteiger partial charge in [-0.25, -0.2) is 4.98 Å². The minimum Gasteiger partial charge on any atom is -0.322 e.